The second kappa shape index (κ2) is 9.66. The largest absolute Gasteiger partial charge is 0.507 e. The molecule has 3 aromatic carbocycles. The van der Waals surface area contributed by atoms with Crippen molar-refractivity contribution in [2.24, 2.45) is 0 Å². The highest BCUT2D eigenvalue weighted by Gasteiger charge is 2.36. The first-order chi connectivity index (χ1) is 18.2. The quantitative estimate of drug-likeness (QED) is 0.264. The molecule has 2 N–H and O–H groups in total. The van der Waals surface area contributed by atoms with Gasteiger partial charge in [0.05, 0.1) is 26.7 Å². The number of phenolic OH excluding ortho intramolecular Hbond substituents is 2. The molecule has 1 aliphatic rings. The number of carbonyl (C=O) groups is 1. The first-order valence-corrected chi connectivity index (χ1v) is 12.0. The van der Waals surface area contributed by atoms with Crippen LogP contribution in [0.3, 0.4) is 0 Å². The third-order valence-electron chi connectivity index (χ3n) is 6.35. The van der Waals surface area contributed by atoms with Gasteiger partial charge in [0.1, 0.15) is 28.2 Å². The predicted molar refractivity (Wildman–Crippen MR) is 139 cm³/mol. The second-order valence-electron chi connectivity index (χ2n) is 9.15. The summed E-state index contributed by atoms with van der Waals surface area (Å²) in [7, 11) is 2.95. The van der Waals surface area contributed by atoms with Gasteiger partial charge in [-0.15, -0.1) is 0 Å². The molecule has 0 radical (unpaired) electrons. The number of esters is 1. The van der Waals surface area contributed by atoms with Crippen molar-refractivity contribution in [3.63, 3.8) is 0 Å². The summed E-state index contributed by atoms with van der Waals surface area (Å²) in [5.41, 5.74) is 1.02. The molecule has 1 atom stereocenters. The van der Waals surface area contributed by atoms with Crippen LogP contribution < -0.4 is 24.4 Å². The lowest BCUT2D eigenvalue weighted by atomic mass is 9.84. The lowest BCUT2D eigenvalue weighted by Crippen LogP contribution is -2.23. The zero-order valence-corrected chi connectivity index (χ0v) is 21.2. The lowest BCUT2D eigenvalue weighted by molar-refractivity contribution is -0.135. The number of ether oxygens (including phenoxy) is 4. The van der Waals surface area contributed by atoms with Gasteiger partial charge < -0.3 is 33.6 Å². The Hall–Kier alpha value is -4.66. The van der Waals surface area contributed by atoms with Gasteiger partial charge in [-0.2, -0.15) is 0 Å². The van der Waals surface area contributed by atoms with Crippen LogP contribution in [0.2, 0.25) is 0 Å². The molecule has 0 saturated heterocycles. The molecule has 0 amide bonds. The van der Waals surface area contributed by atoms with Crippen molar-refractivity contribution in [2.75, 3.05) is 14.2 Å². The molecular formula is C29H26O9. The fourth-order valence-corrected chi connectivity index (χ4v) is 4.74. The number of phenols is 2. The van der Waals surface area contributed by atoms with E-state index >= 15 is 0 Å². The molecule has 1 unspecified atom stereocenters. The second-order valence-corrected chi connectivity index (χ2v) is 9.15. The summed E-state index contributed by atoms with van der Waals surface area (Å²) in [6.45, 7) is 3.75. The van der Waals surface area contributed by atoms with Crippen molar-refractivity contribution in [1.82, 2.24) is 0 Å². The smallest absolute Gasteiger partial charge is 0.312 e. The SMILES string of the molecule is COc1ccc(-c2cc(=O)c3c(O)cc4c(c3o2)C(c2cccc(OC)c2OC(C)C)CC(=O)O4)cc1O. The number of para-hydroxylation sites is 1. The molecule has 4 aromatic rings. The first-order valence-electron chi connectivity index (χ1n) is 12.0. The van der Waals surface area contributed by atoms with E-state index in [2.05, 4.69) is 0 Å². The van der Waals surface area contributed by atoms with E-state index in [9.17, 15) is 19.8 Å². The number of benzene rings is 3. The molecule has 2 heterocycles. The number of hydrogen-bond acceptors (Lipinski definition) is 9. The van der Waals surface area contributed by atoms with Crippen LogP contribution in [0.25, 0.3) is 22.3 Å². The minimum absolute atomic E-state index is 0.0533. The van der Waals surface area contributed by atoms with E-state index in [1.54, 1.807) is 24.3 Å². The van der Waals surface area contributed by atoms with Gasteiger partial charge in [-0.05, 0) is 38.1 Å². The van der Waals surface area contributed by atoms with Crippen LogP contribution >= 0.6 is 0 Å². The highest BCUT2D eigenvalue weighted by molar-refractivity contribution is 5.93. The van der Waals surface area contributed by atoms with Crippen LogP contribution in [0, 0.1) is 0 Å². The molecule has 9 heteroatoms. The maximum absolute atomic E-state index is 13.2. The van der Waals surface area contributed by atoms with E-state index in [1.807, 2.05) is 19.9 Å². The van der Waals surface area contributed by atoms with Crippen LogP contribution in [0.1, 0.15) is 37.3 Å². The first kappa shape index (κ1) is 25.0. The number of hydrogen-bond donors (Lipinski definition) is 2. The molecule has 0 saturated carbocycles. The molecule has 0 fully saturated rings. The molecule has 38 heavy (non-hydrogen) atoms. The van der Waals surface area contributed by atoms with Gasteiger partial charge in [-0.25, -0.2) is 0 Å². The van der Waals surface area contributed by atoms with E-state index < -0.39 is 17.3 Å². The number of fused-ring (bicyclic) bond motifs is 3. The average molecular weight is 519 g/mol. The molecule has 196 valence electrons. The maximum Gasteiger partial charge on any atom is 0.312 e. The van der Waals surface area contributed by atoms with Gasteiger partial charge in [0.2, 0.25) is 0 Å². The molecule has 0 bridgehead atoms. The summed E-state index contributed by atoms with van der Waals surface area (Å²) < 4.78 is 28.5. The Balaban J connectivity index is 1.80. The third kappa shape index (κ3) is 4.26. The normalized spacial score (nSPS) is 14.8. The minimum Gasteiger partial charge on any atom is -0.507 e. The van der Waals surface area contributed by atoms with E-state index in [-0.39, 0.29) is 52.3 Å². The fourth-order valence-electron chi connectivity index (χ4n) is 4.74. The highest BCUT2D eigenvalue weighted by Crippen LogP contribution is 2.49. The van der Waals surface area contributed by atoms with Crippen molar-refractivity contribution in [3.05, 3.63) is 69.9 Å². The van der Waals surface area contributed by atoms with Crippen molar-refractivity contribution in [3.8, 4) is 45.8 Å². The van der Waals surface area contributed by atoms with Crippen molar-refractivity contribution < 1.29 is 38.4 Å². The summed E-state index contributed by atoms with van der Waals surface area (Å²) in [4.78, 5) is 25.9. The zero-order valence-electron chi connectivity index (χ0n) is 21.2. The maximum atomic E-state index is 13.2. The minimum atomic E-state index is -0.638. The third-order valence-corrected chi connectivity index (χ3v) is 6.35. The van der Waals surface area contributed by atoms with Crippen LogP contribution in [0.15, 0.2) is 57.7 Å². The Morgan fingerprint density at radius 1 is 0.947 bits per heavy atom. The Morgan fingerprint density at radius 2 is 1.71 bits per heavy atom. The van der Waals surface area contributed by atoms with Gasteiger partial charge in [0, 0.05) is 34.7 Å². The number of carbonyl (C=O) groups excluding carboxylic acids is 1. The number of rotatable bonds is 6. The summed E-state index contributed by atoms with van der Waals surface area (Å²) in [5.74, 6) is -0.251. The Bertz CT molecular complexity index is 1620. The topological polar surface area (TPSA) is 125 Å². The van der Waals surface area contributed by atoms with Gasteiger partial charge >= 0.3 is 5.97 Å². The van der Waals surface area contributed by atoms with Crippen molar-refractivity contribution in [1.29, 1.82) is 0 Å². The van der Waals surface area contributed by atoms with Crippen LogP contribution in [-0.2, 0) is 4.79 Å². The molecule has 1 aliphatic heterocycles. The molecule has 0 spiro atoms. The van der Waals surface area contributed by atoms with Crippen molar-refractivity contribution >= 4 is 16.9 Å². The van der Waals surface area contributed by atoms with Crippen LogP contribution in [0.5, 0.6) is 34.5 Å². The van der Waals surface area contributed by atoms with E-state index in [0.717, 1.165) is 0 Å². The predicted octanol–water partition coefficient (Wildman–Crippen LogP) is 5.12. The summed E-state index contributed by atoms with van der Waals surface area (Å²) in [6, 6.07) is 12.4. The Labute approximate surface area is 217 Å². The van der Waals surface area contributed by atoms with E-state index in [1.165, 1.54) is 32.4 Å². The number of methoxy groups -OCH3 is 2. The number of aromatic hydroxyl groups is 2. The molecule has 9 nitrogen and oxygen atoms in total. The van der Waals surface area contributed by atoms with E-state index in [0.29, 0.717) is 28.2 Å². The summed E-state index contributed by atoms with van der Waals surface area (Å²) in [6.07, 6.45) is -0.255. The monoisotopic (exact) mass is 518 g/mol. The molecule has 0 aliphatic carbocycles. The van der Waals surface area contributed by atoms with Crippen LogP contribution in [0.4, 0.5) is 0 Å². The molecular weight excluding hydrogens is 492 g/mol. The Morgan fingerprint density at radius 3 is 2.39 bits per heavy atom. The van der Waals surface area contributed by atoms with Crippen LogP contribution in [-0.4, -0.2) is 36.5 Å². The lowest BCUT2D eigenvalue weighted by Gasteiger charge is -2.28. The zero-order chi connectivity index (χ0) is 27.1. The fraction of sp³-hybridized carbons (Fsp3) is 0.241. The standard InChI is InChI=1S/C29H26O9/c1-14(2)36-28-16(6-5-7-22(28)35-4)17-11-25(33)37-24-13-20(32)27-19(31)12-23(38-29(27)26(17)24)15-8-9-21(34-3)18(30)10-15/h5-10,12-14,17,30,32H,11H2,1-4H3. The van der Waals surface area contributed by atoms with Gasteiger partial charge in [-0.3, -0.25) is 9.59 Å². The summed E-state index contributed by atoms with van der Waals surface area (Å²) in [5, 5.41) is 20.9. The van der Waals surface area contributed by atoms with E-state index in [4.69, 9.17) is 23.4 Å². The van der Waals surface area contributed by atoms with Gasteiger partial charge in [0.25, 0.3) is 0 Å². The van der Waals surface area contributed by atoms with Crippen molar-refractivity contribution in [2.45, 2.75) is 32.3 Å². The van der Waals surface area contributed by atoms with Gasteiger partial charge in [0.15, 0.2) is 28.4 Å². The Kier molecular flexibility index (Phi) is 6.36. The average Bonchev–Trinajstić information content (AvgIpc) is 2.87. The summed E-state index contributed by atoms with van der Waals surface area (Å²) >= 11 is 0. The molecule has 5 rings (SSSR count). The molecule has 1 aromatic heterocycles. The highest BCUT2D eigenvalue weighted by atomic mass is 16.5. The van der Waals surface area contributed by atoms with Gasteiger partial charge in [-0.1, -0.05) is 12.1 Å².